The molecule has 130 valence electrons. The number of carbonyl (C=O) groups excluding carboxylic acids is 2. The number of amides is 2. The number of hydrogen-bond donors (Lipinski definition) is 1. The van der Waals surface area contributed by atoms with E-state index in [2.05, 4.69) is 0 Å². The van der Waals surface area contributed by atoms with Gasteiger partial charge in [0.15, 0.2) is 11.6 Å². The first-order valence-corrected chi connectivity index (χ1v) is 8.05. The Bertz CT molecular complexity index is 835. The zero-order valence-electron chi connectivity index (χ0n) is 13.9. The maximum absolute atomic E-state index is 13.8. The summed E-state index contributed by atoms with van der Waals surface area (Å²) in [6.07, 6.45) is 1.52. The van der Waals surface area contributed by atoms with E-state index in [0.29, 0.717) is 29.8 Å². The maximum atomic E-state index is 13.8. The van der Waals surface area contributed by atoms with Crippen LogP contribution in [-0.4, -0.2) is 25.5 Å². The van der Waals surface area contributed by atoms with E-state index in [1.807, 2.05) is 6.07 Å². The van der Waals surface area contributed by atoms with Gasteiger partial charge in [-0.1, -0.05) is 12.1 Å². The number of hydrogen-bond acceptors (Lipinski definition) is 3. The van der Waals surface area contributed by atoms with Crippen LogP contribution in [0, 0.1) is 5.82 Å². The summed E-state index contributed by atoms with van der Waals surface area (Å²) in [5.74, 6) is -0.996. The SMILES string of the molecule is COc1ccc(CC(=O)N2CCCc3c(C(N)=O)cccc32)cc1F. The summed E-state index contributed by atoms with van der Waals surface area (Å²) in [6.45, 7) is 0.562. The molecule has 0 fully saturated rings. The minimum Gasteiger partial charge on any atom is -0.494 e. The van der Waals surface area contributed by atoms with Crippen LogP contribution in [-0.2, 0) is 17.6 Å². The summed E-state index contributed by atoms with van der Waals surface area (Å²) in [5.41, 5.74) is 7.96. The first kappa shape index (κ1) is 17.0. The number of carbonyl (C=O) groups is 2. The van der Waals surface area contributed by atoms with Gasteiger partial charge in [0, 0.05) is 17.8 Å². The highest BCUT2D eigenvalue weighted by Gasteiger charge is 2.25. The fourth-order valence-corrected chi connectivity index (χ4v) is 3.20. The molecule has 0 atom stereocenters. The van der Waals surface area contributed by atoms with Crippen molar-refractivity contribution in [2.75, 3.05) is 18.6 Å². The predicted molar refractivity (Wildman–Crippen MR) is 92.3 cm³/mol. The van der Waals surface area contributed by atoms with Crippen molar-refractivity contribution in [3.05, 3.63) is 58.9 Å². The number of nitrogens with zero attached hydrogens (tertiary/aromatic N) is 1. The summed E-state index contributed by atoms with van der Waals surface area (Å²) in [5, 5.41) is 0. The van der Waals surface area contributed by atoms with E-state index in [4.69, 9.17) is 10.5 Å². The molecule has 2 aromatic carbocycles. The minimum absolute atomic E-state index is 0.0706. The van der Waals surface area contributed by atoms with E-state index in [9.17, 15) is 14.0 Å². The molecular weight excluding hydrogens is 323 g/mol. The van der Waals surface area contributed by atoms with Gasteiger partial charge in [-0.15, -0.1) is 0 Å². The molecule has 25 heavy (non-hydrogen) atoms. The van der Waals surface area contributed by atoms with Gasteiger partial charge >= 0.3 is 0 Å². The van der Waals surface area contributed by atoms with Crippen molar-refractivity contribution in [2.24, 2.45) is 5.73 Å². The quantitative estimate of drug-likeness (QED) is 0.928. The van der Waals surface area contributed by atoms with Crippen molar-refractivity contribution < 1.29 is 18.7 Å². The van der Waals surface area contributed by atoms with Crippen molar-refractivity contribution in [2.45, 2.75) is 19.3 Å². The van der Waals surface area contributed by atoms with E-state index in [-0.39, 0.29) is 18.1 Å². The molecule has 0 radical (unpaired) electrons. The molecule has 2 N–H and O–H groups in total. The standard InChI is InChI=1S/C19H19FN2O3/c1-25-17-8-7-12(10-15(17)20)11-18(23)22-9-3-5-13-14(19(21)24)4-2-6-16(13)22/h2,4,6-8,10H,3,5,9,11H2,1H3,(H2,21,24). The van der Waals surface area contributed by atoms with Crippen LogP contribution in [0.4, 0.5) is 10.1 Å². The first-order valence-electron chi connectivity index (χ1n) is 8.05. The van der Waals surface area contributed by atoms with Crippen molar-refractivity contribution in [1.82, 2.24) is 0 Å². The Balaban J connectivity index is 1.86. The lowest BCUT2D eigenvalue weighted by atomic mass is 9.95. The molecule has 0 spiro atoms. The molecule has 0 aliphatic carbocycles. The zero-order chi connectivity index (χ0) is 18.0. The van der Waals surface area contributed by atoms with Gasteiger partial charge in [-0.3, -0.25) is 9.59 Å². The average Bonchev–Trinajstić information content (AvgIpc) is 2.60. The highest BCUT2D eigenvalue weighted by atomic mass is 19.1. The summed E-state index contributed by atoms with van der Waals surface area (Å²) in [4.78, 5) is 26.0. The molecule has 0 unspecified atom stereocenters. The Morgan fingerprint density at radius 3 is 2.76 bits per heavy atom. The van der Waals surface area contributed by atoms with Crippen LogP contribution in [0.5, 0.6) is 5.75 Å². The normalized spacial score (nSPS) is 13.3. The number of benzene rings is 2. The van der Waals surface area contributed by atoms with Gasteiger partial charge in [-0.2, -0.15) is 0 Å². The molecule has 3 rings (SSSR count). The van der Waals surface area contributed by atoms with Gasteiger partial charge in [0.2, 0.25) is 11.8 Å². The van der Waals surface area contributed by atoms with Crippen LogP contribution in [0.25, 0.3) is 0 Å². The third kappa shape index (κ3) is 3.33. The van der Waals surface area contributed by atoms with Crippen LogP contribution in [0.1, 0.15) is 27.9 Å². The van der Waals surface area contributed by atoms with Crippen molar-refractivity contribution in [3.63, 3.8) is 0 Å². The number of primary amides is 1. The molecule has 0 saturated heterocycles. The average molecular weight is 342 g/mol. The van der Waals surface area contributed by atoms with Crippen molar-refractivity contribution in [3.8, 4) is 5.75 Å². The molecule has 2 aromatic rings. The largest absolute Gasteiger partial charge is 0.494 e. The van der Waals surface area contributed by atoms with E-state index in [0.717, 1.165) is 12.0 Å². The molecule has 0 aromatic heterocycles. The lowest BCUT2D eigenvalue weighted by molar-refractivity contribution is -0.118. The number of fused-ring (bicyclic) bond motifs is 1. The Labute approximate surface area is 145 Å². The van der Waals surface area contributed by atoms with Crippen LogP contribution in [0.2, 0.25) is 0 Å². The number of ether oxygens (including phenoxy) is 1. The van der Waals surface area contributed by atoms with Gasteiger partial charge in [-0.05, 0) is 48.2 Å². The van der Waals surface area contributed by atoms with Crippen LogP contribution in [0.3, 0.4) is 0 Å². The third-order valence-electron chi connectivity index (χ3n) is 4.39. The molecule has 0 bridgehead atoms. The Kier molecular flexibility index (Phi) is 4.70. The molecule has 2 amide bonds. The van der Waals surface area contributed by atoms with Crippen molar-refractivity contribution in [1.29, 1.82) is 0 Å². The molecule has 1 aliphatic rings. The highest BCUT2D eigenvalue weighted by molar-refractivity contribution is 6.00. The maximum Gasteiger partial charge on any atom is 0.249 e. The Morgan fingerprint density at radius 2 is 2.08 bits per heavy atom. The highest BCUT2D eigenvalue weighted by Crippen LogP contribution is 2.30. The molecule has 0 saturated carbocycles. The second kappa shape index (κ2) is 6.93. The number of anilines is 1. The van der Waals surface area contributed by atoms with Crippen LogP contribution in [0.15, 0.2) is 36.4 Å². The number of rotatable bonds is 4. The lowest BCUT2D eigenvalue weighted by Crippen LogP contribution is -2.37. The Hall–Kier alpha value is -2.89. The van der Waals surface area contributed by atoms with Gasteiger partial charge < -0.3 is 15.4 Å². The fourth-order valence-electron chi connectivity index (χ4n) is 3.20. The van der Waals surface area contributed by atoms with E-state index in [1.54, 1.807) is 23.1 Å². The van der Waals surface area contributed by atoms with Gasteiger partial charge in [0.25, 0.3) is 0 Å². The molecular formula is C19H19FN2O3. The Morgan fingerprint density at radius 1 is 1.28 bits per heavy atom. The van der Waals surface area contributed by atoms with Gasteiger partial charge in [-0.25, -0.2) is 4.39 Å². The number of halogens is 1. The summed E-state index contributed by atoms with van der Waals surface area (Å²) < 4.78 is 18.7. The monoisotopic (exact) mass is 342 g/mol. The predicted octanol–water partition coefficient (Wildman–Crippen LogP) is 2.46. The van der Waals surface area contributed by atoms with Crippen LogP contribution < -0.4 is 15.4 Å². The van der Waals surface area contributed by atoms with E-state index in [1.165, 1.54) is 19.2 Å². The van der Waals surface area contributed by atoms with Gasteiger partial charge in [0.1, 0.15) is 0 Å². The summed E-state index contributed by atoms with van der Waals surface area (Å²) in [6, 6.07) is 9.69. The molecule has 1 aliphatic heterocycles. The second-order valence-electron chi connectivity index (χ2n) is 5.96. The minimum atomic E-state index is -0.497. The number of nitrogens with two attached hydrogens (primary N) is 1. The molecule has 5 nitrogen and oxygen atoms in total. The van der Waals surface area contributed by atoms with E-state index >= 15 is 0 Å². The smallest absolute Gasteiger partial charge is 0.249 e. The fraction of sp³-hybridized carbons (Fsp3) is 0.263. The van der Waals surface area contributed by atoms with Crippen molar-refractivity contribution >= 4 is 17.5 Å². The number of methoxy groups -OCH3 is 1. The molecule has 1 heterocycles. The van der Waals surface area contributed by atoms with Gasteiger partial charge in [0.05, 0.1) is 13.5 Å². The summed E-state index contributed by atoms with van der Waals surface area (Å²) in [7, 11) is 1.39. The lowest BCUT2D eigenvalue weighted by Gasteiger charge is -2.30. The second-order valence-corrected chi connectivity index (χ2v) is 5.96. The molecule has 6 heteroatoms. The first-order chi connectivity index (χ1) is 12.0. The van der Waals surface area contributed by atoms with Crippen LogP contribution >= 0.6 is 0 Å². The topological polar surface area (TPSA) is 72.6 Å². The summed E-state index contributed by atoms with van der Waals surface area (Å²) >= 11 is 0. The zero-order valence-corrected chi connectivity index (χ0v) is 13.9. The van der Waals surface area contributed by atoms with E-state index < -0.39 is 11.7 Å². The third-order valence-corrected chi connectivity index (χ3v) is 4.39.